The van der Waals surface area contributed by atoms with Gasteiger partial charge in [-0.15, -0.1) is 0 Å². The van der Waals surface area contributed by atoms with Crippen molar-refractivity contribution in [2.45, 2.75) is 25.7 Å². The third kappa shape index (κ3) is 4.74. The highest BCUT2D eigenvalue weighted by atomic mass is 16.5. The molecule has 1 aromatic rings. The Kier molecular flexibility index (Phi) is 6.54. The Labute approximate surface area is 128 Å². The van der Waals surface area contributed by atoms with E-state index < -0.39 is 0 Å². The molecule has 1 fully saturated rings. The van der Waals surface area contributed by atoms with E-state index in [9.17, 15) is 0 Å². The highest BCUT2D eigenvalue weighted by molar-refractivity contribution is 5.80. The van der Waals surface area contributed by atoms with Gasteiger partial charge in [-0.05, 0) is 25.3 Å². The fraction of sp³-hybridized carbons (Fsp3) is 0.588. The number of guanidine groups is 1. The Morgan fingerprint density at radius 3 is 2.90 bits per heavy atom. The van der Waals surface area contributed by atoms with E-state index in [4.69, 9.17) is 9.73 Å². The van der Waals surface area contributed by atoms with E-state index in [1.807, 2.05) is 0 Å². The number of hydrogen-bond donors (Lipinski definition) is 1. The van der Waals surface area contributed by atoms with E-state index in [0.29, 0.717) is 5.92 Å². The van der Waals surface area contributed by atoms with E-state index in [0.717, 1.165) is 45.2 Å². The Morgan fingerprint density at radius 1 is 1.38 bits per heavy atom. The van der Waals surface area contributed by atoms with Crippen molar-refractivity contribution in [2.75, 3.05) is 39.9 Å². The van der Waals surface area contributed by atoms with Gasteiger partial charge in [-0.1, -0.05) is 30.3 Å². The molecule has 1 aliphatic rings. The van der Waals surface area contributed by atoms with Gasteiger partial charge in [0.15, 0.2) is 5.96 Å². The molecular weight excluding hydrogens is 262 g/mol. The molecule has 0 aromatic heterocycles. The summed E-state index contributed by atoms with van der Waals surface area (Å²) in [6.45, 7) is 6.76. The van der Waals surface area contributed by atoms with E-state index in [-0.39, 0.29) is 0 Å². The Hall–Kier alpha value is -1.55. The highest BCUT2D eigenvalue weighted by Gasteiger charge is 2.25. The summed E-state index contributed by atoms with van der Waals surface area (Å²) in [6.07, 6.45) is 2.17. The van der Waals surface area contributed by atoms with Gasteiger partial charge in [-0.25, -0.2) is 0 Å². The molecule has 0 amide bonds. The van der Waals surface area contributed by atoms with Gasteiger partial charge in [0.2, 0.25) is 0 Å². The molecule has 1 heterocycles. The van der Waals surface area contributed by atoms with Crippen LogP contribution in [0.5, 0.6) is 0 Å². The lowest BCUT2D eigenvalue weighted by Crippen LogP contribution is -2.40. The average Bonchev–Trinajstić information content (AvgIpc) is 3.01. The number of benzene rings is 1. The average molecular weight is 289 g/mol. The molecule has 116 valence electrons. The summed E-state index contributed by atoms with van der Waals surface area (Å²) in [5.74, 6) is 1.67. The number of methoxy groups -OCH3 is 1. The van der Waals surface area contributed by atoms with Crippen LogP contribution in [0, 0.1) is 0 Å². The number of aliphatic imine (C=N–C) groups is 1. The number of ether oxygens (including phenoxy) is 1. The minimum Gasteiger partial charge on any atom is -0.385 e. The zero-order valence-electron chi connectivity index (χ0n) is 13.2. The molecule has 0 saturated carbocycles. The maximum atomic E-state index is 5.08. The van der Waals surface area contributed by atoms with Crippen molar-refractivity contribution in [3.8, 4) is 0 Å². The molecule has 0 spiro atoms. The SMILES string of the molecule is CCNC(=NCCCOC)N1CCC(c2ccccc2)C1. The van der Waals surface area contributed by atoms with E-state index in [1.165, 1.54) is 12.0 Å². The van der Waals surface area contributed by atoms with Crippen LogP contribution in [0.4, 0.5) is 0 Å². The normalized spacial score (nSPS) is 19.0. The first-order valence-electron chi connectivity index (χ1n) is 7.92. The Balaban J connectivity index is 1.92. The van der Waals surface area contributed by atoms with Crippen LogP contribution in [0.1, 0.15) is 31.2 Å². The molecule has 4 nitrogen and oxygen atoms in total. The predicted molar refractivity (Wildman–Crippen MR) is 87.8 cm³/mol. The lowest BCUT2D eigenvalue weighted by molar-refractivity contribution is 0.197. The maximum Gasteiger partial charge on any atom is 0.193 e. The summed E-state index contributed by atoms with van der Waals surface area (Å²) in [7, 11) is 1.74. The van der Waals surface area contributed by atoms with E-state index >= 15 is 0 Å². The molecule has 2 rings (SSSR count). The molecule has 4 heteroatoms. The van der Waals surface area contributed by atoms with Gasteiger partial charge in [-0.2, -0.15) is 0 Å². The first-order valence-corrected chi connectivity index (χ1v) is 7.92. The molecule has 1 aromatic carbocycles. The standard InChI is InChI=1S/C17H27N3O/c1-3-18-17(19-11-7-13-21-2)20-12-10-16(14-20)15-8-5-4-6-9-15/h4-6,8-9,16H,3,7,10-14H2,1-2H3,(H,18,19). The third-order valence-electron chi connectivity index (χ3n) is 3.86. The Bertz CT molecular complexity index is 433. The summed E-state index contributed by atoms with van der Waals surface area (Å²) < 4.78 is 5.08. The van der Waals surface area contributed by atoms with Crippen LogP contribution in [-0.2, 0) is 4.74 Å². The van der Waals surface area contributed by atoms with Crippen LogP contribution in [0.3, 0.4) is 0 Å². The lowest BCUT2D eigenvalue weighted by Gasteiger charge is -2.21. The van der Waals surface area contributed by atoms with Crippen molar-refractivity contribution in [3.63, 3.8) is 0 Å². The van der Waals surface area contributed by atoms with Crippen LogP contribution in [-0.4, -0.2) is 50.8 Å². The maximum absolute atomic E-state index is 5.08. The van der Waals surface area contributed by atoms with Gasteiger partial charge in [0, 0.05) is 45.8 Å². The van der Waals surface area contributed by atoms with Crippen molar-refractivity contribution < 1.29 is 4.74 Å². The lowest BCUT2D eigenvalue weighted by atomic mass is 9.99. The van der Waals surface area contributed by atoms with E-state index in [1.54, 1.807) is 7.11 Å². The van der Waals surface area contributed by atoms with Crippen molar-refractivity contribution in [1.29, 1.82) is 0 Å². The van der Waals surface area contributed by atoms with Gasteiger partial charge in [-0.3, -0.25) is 4.99 Å². The molecule has 1 atom stereocenters. The van der Waals surface area contributed by atoms with Crippen molar-refractivity contribution in [3.05, 3.63) is 35.9 Å². The van der Waals surface area contributed by atoms with Crippen molar-refractivity contribution in [2.24, 2.45) is 4.99 Å². The van der Waals surface area contributed by atoms with Crippen LogP contribution < -0.4 is 5.32 Å². The van der Waals surface area contributed by atoms with Crippen LogP contribution >= 0.6 is 0 Å². The topological polar surface area (TPSA) is 36.9 Å². The number of likely N-dealkylation sites (tertiary alicyclic amines) is 1. The molecule has 0 aliphatic carbocycles. The van der Waals surface area contributed by atoms with Gasteiger partial charge in [0.05, 0.1) is 0 Å². The monoisotopic (exact) mass is 289 g/mol. The zero-order chi connectivity index (χ0) is 14.9. The van der Waals surface area contributed by atoms with Gasteiger partial charge in [0.25, 0.3) is 0 Å². The molecule has 21 heavy (non-hydrogen) atoms. The van der Waals surface area contributed by atoms with Crippen LogP contribution in [0.2, 0.25) is 0 Å². The number of hydrogen-bond acceptors (Lipinski definition) is 2. The summed E-state index contributed by atoms with van der Waals surface area (Å²) in [4.78, 5) is 7.10. The van der Waals surface area contributed by atoms with Crippen molar-refractivity contribution >= 4 is 5.96 Å². The predicted octanol–water partition coefficient (Wildman–Crippen LogP) is 2.48. The van der Waals surface area contributed by atoms with Gasteiger partial charge in [0.1, 0.15) is 0 Å². The molecular formula is C17H27N3O. The fourth-order valence-electron chi connectivity index (χ4n) is 2.77. The molecule has 0 radical (unpaired) electrons. The number of rotatable bonds is 6. The minimum atomic E-state index is 0.619. The molecule has 1 aliphatic heterocycles. The summed E-state index contributed by atoms with van der Waals surface area (Å²) in [5.41, 5.74) is 1.44. The first kappa shape index (κ1) is 15.8. The summed E-state index contributed by atoms with van der Waals surface area (Å²) in [5, 5.41) is 3.41. The Morgan fingerprint density at radius 2 is 2.19 bits per heavy atom. The minimum absolute atomic E-state index is 0.619. The molecule has 0 bridgehead atoms. The molecule has 1 unspecified atom stereocenters. The largest absolute Gasteiger partial charge is 0.385 e. The second-order valence-electron chi connectivity index (χ2n) is 5.42. The first-order chi connectivity index (χ1) is 10.3. The van der Waals surface area contributed by atoms with Gasteiger partial charge >= 0.3 is 0 Å². The third-order valence-corrected chi connectivity index (χ3v) is 3.86. The second-order valence-corrected chi connectivity index (χ2v) is 5.42. The summed E-state index contributed by atoms with van der Waals surface area (Å²) >= 11 is 0. The fourth-order valence-corrected chi connectivity index (χ4v) is 2.77. The highest BCUT2D eigenvalue weighted by Crippen LogP contribution is 2.26. The quantitative estimate of drug-likeness (QED) is 0.496. The second kappa shape index (κ2) is 8.67. The number of nitrogens with zero attached hydrogens (tertiary/aromatic N) is 2. The van der Waals surface area contributed by atoms with Crippen LogP contribution in [0.25, 0.3) is 0 Å². The van der Waals surface area contributed by atoms with E-state index in [2.05, 4.69) is 47.5 Å². The summed E-state index contributed by atoms with van der Waals surface area (Å²) in [6, 6.07) is 10.8. The smallest absolute Gasteiger partial charge is 0.193 e. The zero-order valence-corrected chi connectivity index (χ0v) is 13.2. The van der Waals surface area contributed by atoms with Gasteiger partial charge < -0.3 is 15.0 Å². The molecule has 1 N–H and O–H groups in total. The van der Waals surface area contributed by atoms with Crippen LogP contribution in [0.15, 0.2) is 35.3 Å². The van der Waals surface area contributed by atoms with Crippen molar-refractivity contribution in [1.82, 2.24) is 10.2 Å². The number of nitrogens with one attached hydrogen (secondary N) is 1. The molecule has 1 saturated heterocycles.